The van der Waals surface area contributed by atoms with Gasteiger partial charge in [0, 0.05) is 5.41 Å². The first kappa shape index (κ1) is 19.8. The summed E-state index contributed by atoms with van der Waals surface area (Å²) in [7, 11) is 0. The Kier molecular flexibility index (Phi) is 6.14. The zero-order valence-corrected chi connectivity index (χ0v) is 17.1. The monoisotopic (exact) mass is 366 g/mol. The molecule has 0 heterocycles. The van der Waals surface area contributed by atoms with Crippen molar-refractivity contribution in [1.82, 2.24) is 0 Å². The van der Waals surface area contributed by atoms with Crippen LogP contribution in [0.4, 0.5) is 0 Å². The largest absolute Gasteiger partial charge is 0.508 e. The summed E-state index contributed by atoms with van der Waals surface area (Å²) in [5, 5.41) is 20.3. The number of unbranched alkanes of at least 4 members (excludes halogenated alkanes) is 2. The molecule has 0 amide bonds. The number of hydrogen-bond donors (Lipinski definition) is 2. The van der Waals surface area contributed by atoms with Gasteiger partial charge in [0.1, 0.15) is 11.5 Å². The Morgan fingerprint density at radius 3 is 1.78 bits per heavy atom. The summed E-state index contributed by atoms with van der Waals surface area (Å²) in [6.07, 6.45) is 9.24. The van der Waals surface area contributed by atoms with Gasteiger partial charge in [-0.05, 0) is 66.0 Å². The van der Waals surface area contributed by atoms with Crippen molar-refractivity contribution in [2.24, 2.45) is 5.92 Å². The minimum Gasteiger partial charge on any atom is -0.508 e. The number of rotatable bonds is 8. The molecule has 27 heavy (non-hydrogen) atoms. The second kappa shape index (κ2) is 8.37. The van der Waals surface area contributed by atoms with E-state index in [0.29, 0.717) is 11.5 Å². The Hall–Kier alpha value is -1.96. The van der Waals surface area contributed by atoms with E-state index in [9.17, 15) is 10.2 Å². The predicted molar refractivity (Wildman–Crippen MR) is 113 cm³/mol. The third-order valence-electron chi connectivity index (χ3n) is 6.52. The van der Waals surface area contributed by atoms with Crippen LogP contribution in [-0.4, -0.2) is 10.2 Å². The van der Waals surface area contributed by atoms with E-state index in [2.05, 4.69) is 45.0 Å². The highest BCUT2D eigenvalue weighted by atomic mass is 16.3. The number of benzene rings is 2. The zero-order chi connectivity index (χ0) is 19.4. The molecule has 1 fully saturated rings. The molecule has 0 spiro atoms. The van der Waals surface area contributed by atoms with E-state index in [1.54, 1.807) is 0 Å². The lowest BCUT2D eigenvalue weighted by Gasteiger charge is -2.49. The van der Waals surface area contributed by atoms with Crippen LogP contribution < -0.4 is 0 Å². The van der Waals surface area contributed by atoms with E-state index >= 15 is 0 Å². The van der Waals surface area contributed by atoms with E-state index in [-0.39, 0.29) is 5.41 Å². The molecule has 0 atom stereocenters. The Bertz CT molecular complexity index is 716. The van der Waals surface area contributed by atoms with Gasteiger partial charge in [0.25, 0.3) is 0 Å². The van der Waals surface area contributed by atoms with E-state index in [4.69, 9.17) is 0 Å². The maximum Gasteiger partial charge on any atom is 0.118 e. The lowest BCUT2D eigenvalue weighted by atomic mass is 9.54. The fourth-order valence-electron chi connectivity index (χ4n) is 4.78. The van der Waals surface area contributed by atoms with Crippen molar-refractivity contribution < 1.29 is 10.2 Å². The number of phenolic OH excluding ortho intramolecular Hbond substituents is 2. The van der Waals surface area contributed by atoms with Gasteiger partial charge in [0.15, 0.2) is 0 Å². The molecule has 0 aliphatic heterocycles. The van der Waals surface area contributed by atoms with Crippen LogP contribution in [-0.2, 0) is 18.3 Å². The first-order chi connectivity index (χ1) is 13.0. The fraction of sp³-hybridized carbons (Fsp3) is 0.520. The molecule has 2 heteroatoms. The molecule has 2 nitrogen and oxygen atoms in total. The molecule has 0 aromatic heterocycles. The Morgan fingerprint density at radius 1 is 0.815 bits per heavy atom. The normalized spacial score (nSPS) is 16.3. The highest BCUT2D eigenvalue weighted by molar-refractivity contribution is 5.50. The lowest BCUT2D eigenvalue weighted by Crippen LogP contribution is -2.42. The van der Waals surface area contributed by atoms with Gasteiger partial charge in [0.2, 0.25) is 0 Å². The molecule has 2 aromatic carbocycles. The second-order valence-electron chi connectivity index (χ2n) is 8.25. The van der Waals surface area contributed by atoms with Crippen molar-refractivity contribution in [3.05, 3.63) is 58.7 Å². The molecule has 1 aliphatic carbocycles. The van der Waals surface area contributed by atoms with Crippen LogP contribution in [0.15, 0.2) is 36.4 Å². The standard InChI is InChI=1S/C25H34O2/c1-4-7-8-9-18-16-25(17-18,21-10-12-23(26)19(5-2)14-21)22-11-13-24(27)20(6-3)15-22/h10-15,18,26-27H,4-9,16-17H2,1-3H3. The van der Waals surface area contributed by atoms with E-state index in [1.807, 2.05) is 12.1 Å². The molecule has 1 aliphatic rings. The second-order valence-corrected chi connectivity index (χ2v) is 8.25. The average Bonchev–Trinajstić information content (AvgIpc) is 2.65. The molecule has 1 saturated carbocycles. The van der Waals surface area contributed by atoms with Gasteiger partial charge in [-0.2, -0.15) is 0 Å². The van der Waals surface area contributed by atoms with Gasteiger partial charge >= 0.3 is 0 Å². The van der Waals surface area contributed by atoms with Crippen molar-refractivity contribution >= 4 is 0 Å². The minimum absolute atomic E-state index is 0.0200. The molecule has 0 unspecified atom stereocenters. The topological polar surface area (TPSA) is 40.5 Å². The van der Waals surface area contributed by atoms with Gasteiger partial charge in [-0.25, -0.2) is 0 Å². The summed E-state index contributed by atoms with van der Waals surface area (Å²) in [5.41, 5.74) is 4.70. The SMILES string of the molecule is CCCCCC1CC(c2ccc(O)c(CC)c2)(c2ccc(O)c(CC)c2)C1. The zero-order valence-electron chi connectivity index (χ0n) is 17.1. The summed E-state index contributed by atoms with van der Waals surface area (Å²) in [6, 6.07) is 12.3. The van der Waals surface area contributed by atoms with Crippen LogP contribution in [0.3, 0.4) is 0 Å². The van der Waals surface area contributed by atoms with Gasteiger partial charge in [-0.1, -0.05) is 70.7 Å². The molecular weight excluding hydrogens is 332 g/mol. The molecule has 0 saturated heterocycles. The summed E-state index contributed by atoms with van der Waals surface area (Å²) in [4.78, 5) is 0. The van der Waals surface area contributed by atoms with Crippen LogP contribution >= 0.6 is 0 Å². The Balaban J connectivity index is 1.96. The molecule has 0 bridgehead atoms. The smallest absolute Gasteiger partial charge is 0.118 e. The molecule has 2 N–H and O–H groups in total. The highest BCUT2D eigenvalue weighted by Crippen LogP contribution is 2.54. The summed E-state index contributed by atoms with van der Waals surface area (Å²) in [5.74, 6) is 1.57. The quantitative estimate of drug-likeness (QED) is 0.524. The average molecular weight is 367 g/mol. The van der Waals surface area contributed by atoms with Crippen molar-refractivity contribution in [2.45, 2.75) is 77.6 Å². The Morgan fingerprint density at radius 2 is 1.33 bits per heavy atom. The molecule has 2 aromatic rings. The third kappa shape index (κ3) is 3.85. The lowest BCUT2D eigenvalue weighted by molar-refractivity contribution is 0.167. The summed E-state index contributed by atoms with van der Waals surface area (Å²) in [6.45, 7) is 6.45. The van der Waals surface area contributed by atoms with Gasteiger partial charge in [-0.15, -0.1) is 0 Å². The van der Waals surface area contributed by atoms with Crippen molar-refractivity contribution in [3.63, 3.8) is 0 Å². The van der Waals surface area contributed by atoms with Crippen LogP contribution in [0.1, 0.15) is 81.5 Å². The fourth-order valence-corrected chi connectivity index (χ4v) is 4.78. The summed E-state index contributed by atoms with van der Waals surface area (Å²) >= 11 is 0. The molecule has 146 valence electrons. The maximum absolute atomic E-state index is 10.1. The van der Waals surface area contributed by atoms with Gasteiger partial charge in [-0.3, -0.25) is 0 Å². The van der Waals surface area contributed by atoms with Crippen LogP contribution in [0.25, 0.3) is 0 Å². The number of phenols is 2. The van der Waals surface area contributed by atoms with Crippen LogP contribution in [0, 0.1) is 5.92 Å². The first-order valence-corrected chi connectivity index (χ1v) is 10.7. The number of aryl methyl sites for hydroxylation is 2. The van der Waals surface area contributed by atoms with Crippen molar-refractivity contribution in [1.29, 1.82) is 0 Å². The minimum atomic E-state index is 0.0200. The van der Waals surface area contributed by atoms with Crippen LogP contribution in [0.2, 0.25) is 0 Å². The van der Waals surface area contributed by atoms with Crippen molar-refractivity contribution in [2.75, 3.05) is 0 Å². The van der Waals surface area contributed by atoms with E-state index in [1.165, 1.54) is 49.7 Å². The molecule has 3 rings (SSSR count). The van der Waals surface area contributed by atoms with E-state index < -0.39 is 0 Å². The summed E-state index contributed by atoms with van der Waals surface area (Å²) < 4.78 is 0. The van der Waals surface area contributed by atoms with Crippen LogP contribution in [0.5, 0.6) is 11.5 Å². The highest BCUT2D eigenvalue weighted by Gasteiger charge is 2.46. The molecular formula is C25H34O2. The Labute approximate surface area is 164 Å². The van der Waals surface area contributed by atoms with E-state index in [0.717, 1.165) is 29.9 Å². The van der Waals surface area contributed by atoms with Crippen molar-refractivity contribution in [3.8, 4) is 11.5 Å². The number of hydrogen-bond acceptors (Lipinski definition) is 2. The maximum atomic E-state index is 10.1. The third-order valence-corrected chi connectivity index (χ3v) is 6.52. The molecule has 0 radical (unpaired) electrons. The first-order valence-electron chi connectivity index (χ1n) is 10.7. The van der Waals surface area contributed by atoms with Gasteiger partial charge in [0.05, 0.1) is 0 Å². The predicted octanol–water partition coefficient (Wildman–Crippen LogP) is 6.50. The number of aromatic hydroxyl groups is 2. The van der Waals surface area contributed by atoms with Gasteiger partial charge < -0.3 is 10.2 Å².